The van der Waals surface area contributed by atoms with Crippen molar-refractivity contribution in [2.75, 3.05) is 0 Å². The summed E-state index contributed by atoms with van der Waals surface area (Å²) >= 11 is 0. The van der Waals surface area contributed by atoms with Crippen molar-refractivity contribution in [1.82, 2.24) is 0 Å². The van der Waals surface area contributed by atoms with Crippen LogP contribution in [0.1, 0.15) is 65.2 Å². The third-order valence-corrected chi connectivity index (χ3v) is 7.72. The smallest absolute Gasteiger partial charge is 0.0352 e. The van der Waals surface area contributed by atoms with E-state index in [9.17, 15) is 0 Å². The maximum Gasteiger partial charge on any atom is -0.0352 e. The summed E-state index contributed by atoms with van der Waals surface area (Å²) in [6, 6.07) is 0. The van der Waals surface area contributed by atoms with E-state index in [1.54, 1.807) is 51.4 Å². The molecule has 102 valence electrons. The molecule has 4 bridgehead atoms. The number of hydrogen-bond acceptors (Lipinski definition) is 0. The summed E-state index contributed by atoms with van der Waals surface area (Å²) in [6.07, 6.45) is 12.7. The second-order valence-electron chi connectivity index (χ2n) is 8.41. The predicted octanol–water partition coefficient (Wildman–Crippen LogP) is 5.13. The molecule has 4 saturated carbocycles. The highest BCUT2D eigenvalue weighted by atomic mass is 14.5. The SMILES string of the molecule is CC1CC(C2CC3CCC(C3)C2C)C2CCC1C2. The lowest BCUT2D eigenvalue weighted by Gasteiger charge is -2.45. The van der Waals surface area contributed by atoms with Crippen LogP contribution in [0.4, 0.5) is 0 Å². The molecule has 4 rings (SSSR count). The Morgan fingerprint density at radius 2 is 1.39 bits per heavy atom. The predicted molar refractivity (Wildman–Crippen MR) is 76.2 cm³/mol. The highest BCUT2D eigenvalue weighted by Crippen LogP contribution is 2.57. The Hall–Kier alpha value is 0. The van der Waals surface area contributed by atoms with E-state index in [1.807, 2.05) is 0 Å². The summed E-state index contributed by atoms with van der Waals surface area (Å²) in [5.74, 6) is 8.82. The van der Waals surface area contributed by atoms with Crippen LogP contribution in [0.25, 0.3) is 0 Å². The summed E-state index contributed by atoms with van der Waals surface area (Å²) in [4.78, 5) is 0. The maximum absolute atomic E-state index is 2.61. The first-order chi connectivity index (χ1) is 8.72. The molecule has 4 aliphatic carbocycles. The summed E-state index contributed by atoms with van der Waals surface area (Å²) < 4.78 is 0. The summed E-state index contributed by atoms with van der Waals surface area (Å²) in [7, 11) is 0. The lowest BCUT2D eigenvalue weighted by atomic mass is 9.60. The fourth-order valence-corrected chi connectivity index (χ4v) is 6.62. The van der Waals surface area contributed by atoms with Gasteiger partial charge in [0, 0.05) is 0 Å². The van der Waals surface area contributed by atoms with E-state index in [1.165, 1.54) is 0 Å². The van der Waals surface area contributed by atoms with Crippen LogP contribution >= 0.6 is 0 Å². The zero-order valence-electron chi connectivity index (χ0n) is 12.3. The second-order valence-corrected chi connectivity index (χ2v) is 8.41. The Balaban J connectivity index is 1.55. The molecule has 0 radical (unpaired) electrons. The van der Waals surface area contributed by atoms with E-state index in [-0.39, 0.29) is 0 Å². The molecule has 0 aromatic heterocycles. The van der Waals surface area contributed by atoms with Crippen LogP contribution in [-0.4, -0.2) is 0 Å². The van der Waals surface area contributed by atoms with Gasteiger partial charge in [0.2, 0.25) is 0 Å². The van der Waals surface area contributed by atoms with Crippen molar-refractivity contribution in [3.63, 3.8) is 0 Å². The zero-order chi connectivity index (χ0) is 12.3. The lowest BCUT2D eigenvalue weighted by Crippen LogP contribution is -2.37. The molecule has 0 heterocycles. The van der Waals surface area contributed by atoms with Gasteiger partial charge in [0.1, 0.15) is 0 Å². The third-order valence-electron chi connectivity index (χ3n) is 7.72. The molecule has 8 atom stereocenters. The molecule has 0 heteroatoms. The monoisotopic (exact) mass is 246 g/mol. The molecule has 0 nitrogen and oxygen atoms in total. The van der Waals surface area contributed by atoms with Gasteiger partial charge in [-0.15, -0.1) is 0 Å². The molecule has 4 aliphatic rings. The normalized spacial score (nSPS) is 59.0. The third kappa shape index (κ3) is 1.70. The molecule has 0 N–H and O–H groups in total. The van der Waals surface area contributed by atoms with Crippen molar-refractivity contribution in [2.24, 2.45) is 47.3 Å². The molecule has 8 unspecified atom stereocenters. The van der Waals surface area contributed by atoms with Gasteiger partial charge in [-0.25, -0.2) is 0 Å². The van der Waals surface area contributed by atoms with Crippen molar-refractivity contribution < 1.29 is 0 Å². The second kappa shape index (κ2) is 4.25. The van der Waals surface area contributed by atoms with E-state index in [0.717, 1.165) is 47.3 Å². The van der Waals surface area contributed by atoms with Crippen molar-refractivity contribution >= 4 is 0 Å². The van der Waals surface area contributed by atoms with Crippen LogP contribution < -0.4 is 0 Å². The first kappa shape index (κ1) is 11.8. The van der Waals surface area contributed by atoms with Crippen LogP contribution in [0, 0.1) is 47.3 Å². The van der Waals surface area contributed by atoms with Crippen molar-refractivity contribution in [3.8, 4) is 0 Å². The average Bonchev–Trinajstić information content (AvgIpc) is 2.96. The molecular formula is C18H30. The molecule has 0 aromatic rings. The van der Waals surface area contributed by atoms with Gasteiger partial charge in [0.25, 0.3) is 0 Å². The van der Waals surface area contributed by atoms with Crippen molar-refractivity contribution in [1.29, 1.82) is 0 Å². The number of rotatable bonds is 1. The van der Waals surface area contributed by atoms with E-state index in [0.29, 0.717) is 0 Å². The minimum Gasteiger partial charge on any atom is -0.0622 e. The molecular weight excluding hydrogens is 216 g/mol. The van der Waals surface area contributed by atoms with Crippen LogP contribution in [-0.2, 0) is 0 Å². The fourth-order valence-electron chi connectivity index (χ4n) is 6.62. The molecule has 0 saturated heterocycles. The largest absolute Gasteiger partial charge is 0.0622 e. The van der Waals surface area contributed by atoms with Gasteiger partial charge in [0.05, 0.1) is 0 Å². The molecule has 0 amide bonds. The average molecular weight is 246 g/mol. The van der Waals surface area contributed by atoms with Crippen LogP contribution in [0.5, 0.6) is 0 Å². The zero-order valence-corrected chi connectivity index (χ0v) is 12.3. The fraction of sp³-hybridized carbons (Fsp3) is 1.00. The topological polar surface area (TPSA) is 0 Å². The van der Waals surface area contributed by atoms with Gasteiger partial charge in [-0.05, 0) is 92.3 Å². The highest BCUT2D eigenvalue weighted by molar-refractivity contribution is 4.98. The Morgan fingerprint density at radius 1 is 0.611 bits per heavy atom. The maximum atomic E-state index is 2.61. The van der Waals surface area contributed by atoms with E-state index < -0.39 is 0 Å². The van der Waals surface area contributed by atoms with Gasteiger partial charge in [-0.1, -0.05) is 20.3 Å². The summed E-state index contributed by atoms with van der Waals surface area (Å²) in [6.45, 7) is 5.17. The standard InChI is InChI=1S/C18H30/c1-11-7-18(16-6-5-14(11)10-16)17-9-13-3-4-15(8-13)12(17)2/h11-18H,3-10H2,1-2H3. The number of fused-ring (bicyclic) bond motifs is 4. The van der Waals surface area contributed by atoms with E-state index in [2.05, 4.69) is 13.8 Å². The Morgan fingerprint density at radius 3 is 2.28 bits per heavy atom. The van der Waals surface area contributed by atoms with Crippen molar-refractivity contribution in [2.45, 2.75) is 65.2 Å². The highest BCUT2D eigenvalue weighted by Gasteiger charge is 2.48. The number of hydrogen-bond donors (Lipinski definition) is 0. The Kier molecular flexibility index (Phi) is 2.79. The van der Waals surface area contributed by atoms with E-state index in [4.69, 9.17) is 0 Å². The molecule has 18 heavy (non-hydrogen) atoms. The van der Waals surface area contributed by atoms with Crippen LogP contribution in [0.2, 0.25) is 0 Å². The Labute approximate surface area is 113 Å². The van der Waals surface area contributed by atoms with Gasteiger partial charge in [0.15, 0.2) is 0 Å². The quantitative estimate of drug-likeness (QED) is 0.601. The summed E-state index contributed by atoms with van der Waals surface area (Å²) in [5.41, 5.74) is 0. The van der Waals surface area contributed by atoms with Gasteiger partial charge in [-0.2, -0.15) is 0 Å². The molecule has 0 aliphatic heterocycles. The minimum absolute atomic E-state index is 1.04. The first-order valence-corrected chi connectivity index (χ1v) is 8.72. The van der Waals surface area contributed by atoms with Gasteiger partial charge in [-0.3, -0.25) is 0 Å². The van der Waals surface area contributed by atoms with E-state index >= 15 is 0 Å². The first-order valence-electron chi connectivity index (χ1n) is 8.72. The molecule has 4 fully saturated rings. The Bertz CT molecular complexity index is 318. The summed E-state index contributed by atoms with van der Waals surface area (Å²) in [5, 5.41) is 0. The molecule has 0 spiro atoms. The van der Waals surface area contributed by atoms with Crippen LogP contribution in [0.15, 0.2) is 0 Å². The van der Waals surface area contributed by atoms with Crippen molar-refractivity contribution in [3.05, 3.63) is 0 Å². The molecule has 0 aromatic carbocycles. The van der Waals surface area contributed by atoms with Gasteiger partial charge >= 0.3 is 0 Å². The van der Waals surface area contributed by atoms with Crippen LogP contribution in [0.3, 0.4) is 0 Å². The van der Waals surface area contributed by atoms with Gasteiger partial charge < -0.3 is 0 Å². The minimum atomic E-state index is 1.04. The lowest BCUT2D eigenvalue weighted by molar-refractivity contribution is 0.0432.